The Balaban J connectivity index is 2.74. The number of hydrogen-bond donors (Lipinski definition) is 4. The lowest BCUT2D eigenvalue weighted by Gasteiger charge is -1.96. The van der Waals surface area contributed by atoms with Gasteiger partial charge in [-0.05, 0) is 18.2 Å². The minimum Gasteiger partial charge on any atom is -0.332 e. The predicted molar refractivity (Wildman–Crippen MR) is 51.5 cm³/mol. The molecule has 0 atom stereocenters. The minimum absolute atomic E-state index is 0.193. The number of aromatic amines is 2. The van der Waals surface area contributed by atoms with Gasteiger partial charge in [0.2, 0.25) is 0 Å². The largest absolute Gasteiger partial charge is 0.332 e. The summed E-state index contributed by atoms with van der Waals surface area (Å²) in [6.07, 6.45) is 0. The summed E-state index contributed by atoms with van der Waals surface area (Å²) in [4.78, 5) is 16.1. The third-order valence-corrected chi connectivity index (χ3v) is 1.90. The van der Waals surface area contributed by atoms with Gasteiger partial charge in [0.25, 0.3) is 0 Å². The van der Waals surface area contributed by atoms with E-state index in [2.05, 4.69) is 27.5 Å². The molecule has 0 amide bonds. The normalized spacial score (nSPS) is 10.4. The topological polar surface area (TPSA) is 60.7 Å². The molecule has 2 rings (SSSR count). The van der Waals surface area contributed by atoms with Crippen LogP contribution in [0.5, 0.6) is 0 Å². The molecule has 0 saturated heterocycles. The van der Waals surface area contributed by atoms with E-state index >= 15 is 0 Å². The van der Waals surface area contributed by atoms with Crippen molar-refractivity contribution in [2.45, 2.75) is 0 Å². The van der Waals surface area contributed by atoms with Crippen LogP contribution in [-0.4, -0.2) is 9.97 Å². The van der Waals surface area contributed by atoms with Gasteiger partial charge in [0.05, 0.1) is 11.0 Å². The van der Waals surface area contributed by atoms with Gasteiger partial charge in [0, 0.05) is 5.69 Å². The first-order chi connectivity index (χ1) is 5.79. The molecule has 62 valence electrons. The Hall–Kier alpha value is -1.36. The molecule has 0 fully saturated rings. The molecule has 5 heteroatoms. The highest BCUT2D eigenvalue weighted by Crippen LogP contribution is 2.14. The van der Waals surface area contributed by atoms with Gasteiger partial charge in [0.1, 0.15) is 0 Å². The second-order valence-electron chi connectivity index (χ2n) is 2.45. The standard InChI is InChI=1S/C7H7N3OS/c11-7-8-5-2-1-4(10-12)3-6(5)9-7/h1-3,10,12H,(H2,8,9,11). The molecule has 0 saturated carbocycles. The van der Waals surface area contributed by atoms with E-state index in [-0.39, 0.29) is 5.69 Å². The average Bonchev–Trinajstić information content (AvgIpc) is 2.43. The number of fused-ring (bicyclic) bond motifs is 1. The molecule has 1 aromatic carbocycles. The Morgan fingerprint density at radius 1 is 1.25 bits per heavy atom. The van der Waals surface area contributed by atoms with Crippen LogP contribution in [-0.2, 0) is 0 Å². The number of benzene rings is 1. The molecular formula is C7H7N3OS. The van der Waals surface area contributed by atoms with Gasteiger partial charge in [-0.3, -0.25) is 0 Å². The highest BCUT2D eigenvalue weighted by atomic mass is 32.1. The highest BCUT2D eigenvalue weighted by molar-refractivity contribution is 7.81. The van der Waals surface area contributed by atoms with Crippen molar-refractivity contribution in [2.24, 2.45) is 0 Å². The third-order valence-electron chi connectivity index (χ3n) is 1.65. The zero-order chi connectivity index (χ0) is 8.55. The number of anilines is 1. The third kappa shape index (κ3) is 1.08. The number of nitrogens with one attached hydrogen (secondary N) is 3. The van der Waals surface area contributed by atoms with E-state index in [9.17, 15) is 4.79 Å². The first-order valence-electron chi connectivity index (χ1n) is 3.42. The van der Waals surface area contributed by atoms with Crippen LogP contribution in [0.25, 0.3) is 11.0 Å². The Bertz CT molecular complexity index is 459. The summed E-state index contributed by atoms with van der Waals surface area (Å²) in [5.74, 6) is 0. The molecule has 0 aliphatic rings. The Morgan fingerprint density at radius 3 is 2.75 bits per heavy atom. The summed E-state index contributed by atoms with van der Waals surface area (Å²) >= 11 is 3.89. The van der Waals surface area contributed by atoms with Crippen molar-refractivity contribution in [1.82, 2.24) is 9.97 Å². The zero-order valence-electron chi connectivity index (χ0n) is 6.09. The Labute approximate surface area is 73.5 Å². The summed E-state index contributed by atoms with van der Waals surface area (Å²) in [7, 11) is 0. The molecule has 2 aromatic rings. The monoisotopic (exact) mass is 181 g/mol. The maximum absolute atomic E-state index is 10.8. The van der Waals surface area contributed by atoms with E-state index in [1.807, 2.05) is 12.1 Å². The fourth-order valence-corrected chi connectivity index (χ4v) is 1.24. The second-order valence-corrected chi connectivity index (χ2v) is 2.67. The van der Waals surface area contributed by atoms with Gasteiger partial charge in [-0.2, -0.15) is 0 Å². The number of thiol groups is 1. The molecule has 12 heavy (non-hydrogen) atoms. The molecule has 1 aromatic heterocycles. The van der Waals surface area contributed by atoms with E-state index in [0.717, 1.165) is 16.7 Å². The summed E-state index contributed by atoms with van der Waals surface area (Å²) in [5, 5.41) is 0. The number of aromatic nitrogens is 2. The van der Waals surface area contributed by atoms with Gasteiger partial charge in [-0.1, -0.05) is 12.8 Å². The van der Waals surface area contributed by atoms with Crippen molar-refractivity contribution in [3.05, 3.63) is 28.7 Å². The first kappa shape index (κ1) is 7.30. The van der Waals surface area contributed by atoms with Crippen molar-refractivity contribution < 1.29 is 0 Å². The van der Waals surface area contributed by atoms with Crippen molar-refractivity contribution in [3.63, 3.8) is 0 Å². The smallest absolute Gasteiger partial charge is 0.323 e. The molecule has 1 heterocycles. The lowest BCUT2D eigenvalue weighted by molar-refractivity contribution is 1.22. The van der Waals surface area contributed by atoms with Crippen LogP contribution in [0.1, 0.15) is 0 Å². The van der Waals surface area contributed by atoms with Crippen LogP contribution < -0.4 is 10.4 Å². The first-order valence-corrected chi connectivity index (χ1v) is 3.86. The van der Waals surface area contributed by atoms with Crippen molar-refractivity contribution in [2.75, 3.05) is 4.72 Å². The van der Waals surface area contributed by atoms with E-state index in [4.69, 9.17) is 0 Å². The number of hydrogen-bond acceptors (Lipinski definition) is 3. The van der Waals surface area contributed by atoms with Gasteiger partial charge in [-0.15, -0.1) is 0 Å². The summed E-state index contributed by atoms with van der Waals surface area (Å²) < 4.78 is 2.69. The second kappa shape index (κ2) is 2.60. The Kier molecular flexibility index (Phi) is 1.58. The fraction of sp³-hybridized carbons (Fsp3) is 0. The molecule has 0 radical (unpaired) electrons. The van der Waals surface area contributed by atoms with Crippen LogP contribution in [0.4, 0.5) is 5.69 Å². The summed E-state index contributed by atoms with van der Waals surface area (Å²) in [5.41, 5.74) is 2.23. The van der Waals surface area contributed by atoms with E-state index < -0.39 is 0 Å². The molecule has 0 spiro atoms. The molecular weight excluding hydrogens is 174 g/mol. The SMILES string of the molecule is O=c1[nH]c2ccc(NS)cc2[nH]1. The van der Waals surface area contributed by atoms with Gasteiger partial charge in [0.15, 0.2) is 0 Å². The van der Waals surface area contributed by atoms with Crippen molar-refractivity contribution in [3.8, 4) is 0 Å². The van der Waals surface area contributed by atoms with Gasteiger partial charge >= 0.3 is 5.69 Å². The van der Waals surface area contributed by atoms with Crippen LogP contribution >= 0.6 is 12.8 Å². The maximum Gasteiger partial charge on any atom is 0.323 e. The fourth-order valence-electron chi connectivity index (χ4n) is 1.10. The van der Waals surface area contributed by atoms with Crippen LogP contribution in [0.2, 0.25) is 0 Å². The number of H-pyrrole nitrogens is 2. The molecule has 3 N–H and O–H groups in total. The summed E-state index contributed by atoms with van der Waals surface area (Å²) in [6, 6.07) is 5.45. The van der Waals surface area contributed by atoms with Crippen LogP contribution in [0.15, 0.2) is 23.0 Å². The molecule has 4 nitrogen and oxygen atoms in total. The van der Waals surface area contributed by atoms with E-state index in [1.165, 1.54) is 0 Å². The Morgan fingerprint density at radius 2 is 2.00 bits per heavy atom. The number of rotatable bonds is 1. The highest BCUT2D eigenvalue weighted by Gasteiger charge is 1.97. The van der Waals surface area contributed by atoms with Crippen LogP contribution in [0.3, 0.4) is 0 Å². The quantitative estimate of drug-likeness (QED) is 0.498. The molecule has 0 unspecified atom stereocenters. The molecule has 0 aliphatic heterocycles. The maximum atomic E-state index is 10.8. The molecule has 0 aliphatic carbocycles. The van der Waals surface area contributed by atoms with E-state index in [0.29, 0.717) is 0 Å². The molecule has 0 bridgehead atoms. The van der Waals surface area contributed by atoms with Gasteiger partial charge in [-0.25, -0.2) is 4.79 Å². The predicted octanol–water partition coefficient (Wildman–Crippen LogP) is 1.11. The van der Waals surface area contributed by atoms with E-state index in [1.54, 1.807) is 6.07 Å². The zero-order valence-corrected chi connectivity index (χ0v) is 6.98. The van der Waals surface area contributed by atoms with Crippen LogP contribution in [0, 0.1) is 0 Å². The average molecular weight is 181 g/mol. The summed E-state index contributed by atoms with van der Waals surface area (Å²) in [6.45, 7) is 0. The number of imidazole rings is 1. The van der Waals surface area contributed by atoms with Gasteiger partial charge < -0.3 is 14.7 Å². The lowest BCUT2D eigenvalue weighted by Crippen LogP contribution is -1.99. The minimum atomic E-state index is -0.193. The lowest BCUT2D eigenvalue weighted by atomic mass is 10.3. The van der Waals surface area contributed by atoms with Crippen molar-refractivity contribution >= 4 is 29.5 Å². The van der Waals surface area contributed by atoms with Crippen molar-refractivity contribution in [1.29, 1.82) is 0 Å².